The molecule has 80 valence electrons. The summed E-state index contributed by atoms with van der Waals surface area (Å²) >= 11 is 0. The number of methoxy groups -OCH3 is 1. The van der Waals surface area contributed by atoms with Crippen LogP contribution in [0, 0.1) is 0 Å². The molecule has 1 aliphatic heterocycles. The van der Waals surface area contributed by atoms with Crippen molar-refractivity contribution in [1.82, 2.24) is 0 Å². The molecule has 0 fully saturated rings. The molecule has 15 heavy (non-hydrogen) atoms. The molecular weight excluding hydrogens is 190 g/mol. The SMILES string of the molecule is COc1ccc2c(c1)CC(CC(C)=O)N2. The van der Waals surface area contributed by atoms with Crippen molar-refractivity contribution in [2.75, 3.05) is 12.4 Å². The molecule has 1 heterocycles. The maximum absolute atomic E-state index is 11.0. The molecule has 0 saturated carbocycles. The highest BCUT2D eigenvalue weighted by molar-refractivity contribution is 5.77. The average molecular weight is 205 g/mol. The summed E-state index contributed by atoms with van der Waals surface area (Å²) in [5.41, 5.74) is 2.36. The lowest BCUT2D eigenvalue weighted by Crippen LogP contribution is -2.18. The summed E-state index contributed by atoms with van der Waals surface area (Å²) in [6.45, 7) is 1.63. The Balaban J connectivity index is 2.13. The molecule has 0 spiro atoms. The fourth-order valence-electron chi connectivity index (χ4n) is 2.01. The van der Waals surface area contributed by atoms with Gasteiger partial charge < -0.3 is 10.1 Å². The Morgan fingerprint density at radius 3 is 3.07 bits per heavy atom. The third-order valence-electron chi connectivity index (χ3n) is 2.67. The van der Waals surface area contributed by atoms with Crippen LogP contribution in [0.15, 0.2) is 18.2 Å². The number of rotatable bonds is 3. The molecule has 0 amide bonds. The van der Waals surface area contributed by atoms with E-state index in [-0.39, 0.29) is 11.8 Å². The summed E-state index contributed by atoms with van der Waals surface area (Å²) < 4.78 is 5.16. The molecule has 0 radical (unpaired) electrons. The van der Waals surface area contributed by atoms with Crippen molar-refractivity contribution in [3.63, 3.8) is 0 Å². The quantitative estimate of drug-likeness (QED) is 0.820. The van der Waals surface area contributed by atoms with Crippen LogP contribution in [0.1, 0.15) is 18.9 Å². The van der Waals surface area contributed by atoms with Crippen LogP contribution in [0.5, 0.6) is 5.75 Å². The van der Waals surface area contributed by atoms with Gasteiger partial charge in [-0.05, 0) is 37.1 Å². The summed E-state index contributed by atoms with van der Waals surface area (Å²) in [5, 5.41) is 3.34. The third kappa shape index (κ3) is 2.12. The summed E-state index contributed by atoms with van der Waals surface area (Å²) in [4.78, 5) is 11.0. The van der Waals surface area contributed by atoms with E-state index in [1.807, 2.05) is 18.2 Å². The summed E-state index contributed by atoms with van der Waals surface area (Å²) in [6, 6.07) is 6.23. The molecule has 1 aliphatic rings. The van der Waals surface area contributed by atoms with Crippen LogP contribution in [0.4, 0.5) is 5.69 Å². The highest BCUT2D eigenvalue weighted by Crippen LogP contribution is 2.30. The predicted octanol–water partition coefficient (Wildman–Crippen LogP) is 2.01. The molecule has 3 heteroatoms. The van der Waals surface area contributed by atoms with E-state index in [4.69, 9.17) is 4.74 Å². The van der Waals surface area contributed by atoms with Crippen LogP contribution in [-0.2, 0) is 11.2 Å². The van der Waals surface area contributed by atoms with E-state index in [0.29, 0.717) is 6.42 Å². The van der Waals surface area contributed by atoms with Gasteiger partial charge >= 0.3 is 0 Å². The number of carbonyl (C=O) groups excluding carboxylic acids is 1. The molecule has 1 atom stereocenters. The smallest absolute Gasteiger partial charge is 0.131 e. The zero-order valence-corrected chi connectivity index (χ0v) is 9.04. The fourth-order valence-corrected chi connectivity index (χ4v) is 2.01. The minimum atomic E-state index is 0.229. The number of hydrogen-bond acceptors (Lipinski definition) is 3. The number of hydrogen-bond donors (Lipinski definition) is 1. The summed E-state index contributed by atoms with van der Waals surface area (Å²) in [5.74, 6) is 1.10. The van der Waals surface area contributed by atoms with Gasteiger partial charge in [0.1, 0.15) is 11.5 Å². The fraction of sp³-hybridized carbons (Fsp3) is 0.417. The van der Waals surface area contributed by atoms with Crippen molar-refractivity contribution < 1.29 is 9.53 Å². The Morgan fingerprint density at radius 2 is 2.40 bits per heavy atom. The van der Waals surface area contributed by atoms with Crippen molar-refractivity contribution in [2.45, 2.75) is 25.8 Å². The monoisotopic (exact) mass is 205 g/mol. The second kappa shape index (κ2) is 3.93. The Kier molecular flexibility index (Phi) is 2.62. The van der Waals surface area contributed by atoms with E-state index in [9.17, 15) is 4.79 Å². The first-order valence-electron chi connectivity index (χ1n) is 5.12. The number of ketones is 1. The lowest BCUT2D eigenvalue weighted by Gasteiger charge is -2.07. The summed E-state index contributed by atoms with van der Waals surface area (Å²) in [6.07, 6.45) is 1.50. The lowest BCUT2D eigenvalue weighted by atomic mass is 10.1. The van der Waals surface area contributed by atoms with Gasteiger partial charge in [-0.2, -0.15) is 0 Å². The Hall–Kier alpha value is -1.51. The number of carbonyl (C=O) groups is 1. The van der Waals surface area contributed by atoms with Crippen LogP contribution < -0.4 is 10.1 Å². The molecule has 1 aromatic carbocycles. The van der Waals surface area contributed by atoms with Gasteiger partial charge in [0.15, 0.2) is 0 Å². The number of fused-ring (bicyclic) bond motifs is 1. The average Bonchev–Trinajstić information content (AvgIpc) is 2.57. The molecule has 3 nitrogen and oxygen atoms in total. The van der Waals surface area contributed by atoms with Crippen LogP contribution in [0.2, 0.25) is 0 Å². The van der Waals surface area contributed by atoms with Crippen molar-refractivity contribution in [1.29, 1.82) is 0 Å². The van der Waals surface area contributed by atoms with Crippen LogP contribution in [-0.4, -0.2) is 18.9 Å². The Bertz CT molecular complexity index is 387. The zero-order chi connectivity index (χ0) is 10.8. The topological polar surface area (TPSA) is 38.3 Å². The van der Waals surface area contributed by atoms with E-state index in [0.717, 1.165) is 17.9 Å². The van der Waals surface area contributed by atoms with E-state index < -0.39 is 0 Å². The minimum absolute atomic E-state index is 0.229. The zero-order valence-electron chi connectivity index (χ0n) is 9.04. The predicted molar refractivity (Wildman–Crippen MR) is 59.4 cm³/mol. The maximum atomic E-state index is 11.0. The van der Waals surface area contributed by atoms with Gasteiger partial charge in [0.2, 0.25) is 0 Å². The minimum Gasteiger partial charge on any atom is -0.497 e. The number of nitrogens with one attached hydrogen (secondary N) is 1. The second-order valence-electron chi connectivity index (χ2n) is 3.97. The Morgan fingerprint density at radius 1 is 1.60 bits per heavy atom. The molecule has 0 bridgehead atoms. The first kappa shape index (κ1) is 10.0. The van der Waals surface area contributed by atoms with Gasteiger partial charge in [-0.15, -0.1) is 0 Å². The summed E-state index contributed by atoms with van der Waals surface area (Å²) in [7, 11) is 1.66. The van der Waals surface area contributed by atoms with Crippen molar-refractivity contribution in [3.8, 4) is 5.75 Å². The standard InChI is InChI=1S/C12H15NO2/c1-8(14)5-10-6-9-7-11(15-2)3-4-12(9)13-10/h3-4,7,10,13H,5-6H2,1-2H3. The first-order chi connectivity index (χ1) is 7.19. The van der Waals surface area contributed by atoms with Crippen molar-refractivity contribution in [2.24, 2.45) is 0 Å². The number of benzene rings is 1. The second-order valence-corrected chi connectivity index (χ2v) is 3.97. The lowest BCUT2D eigenvalue weighted by molar-refractivity contribution is -0.117. The molecule has 0 saturated heterocycles. The van der Waals surface area contributed by atoms with Gasteiger partial charge in [0, 0.05) is 18.2 Å². The first-order valence-corrected chi connectivity index (χ1v) is 5.12. The highest BCUT2D eigenvalue weighted by Gasteiger charge is 2.21. The van der Waals surface area contributed by atoms with Gasteiger partial charge in [-0.1, -0.05) is 0 Å². The molecule has 0 aromatic heterocycles. The van der Waals surface area contributed by atoms with Gasteiger partial charge in [0.05, 0.1) is 7.11 Å². The molecular formula is C12H15NO2. The van der Waals surface area contributed by atoms with E-state index >= 15 is 0 Å². The number of ether oxygens (including phenoxy) is 1. The van der Waals surface area contributed by atoms with Gasteiger partial charge in [0.25, 0.3) is 0 Å². The molecule has 2 rings (SSSR count). The van der Waals surface area contributed by atoms with Gasteiger partial charge in [-0.25, -0.2) is 0 Å². The van der Waals surface area contributed by atoms with E-state index in [1.54, 1.807) is 14.0 Å². The van der Waals surface area contributed by atoms with E-state index in [2.05, 4.69) is 5.32 Å². The normalized spacial score (nSPS) is 18.1. The molecule has 1 aromatic rings. The van der Waals surface area contributed by atoms with Gasteiger partial charge in [-0.3, -0.25) is 4.79 Å². The third-order valence-corrected chi connectivity index (χ3v) is 2.67. The van der Waals surface area contributed by atoms with E-state index in [1.165, 1.54) is 5.56 Å². The molecule has 1 unspecified atom stereocenters. The number of Topliss-reactive ketones (excluding diaryl/α,β-unsaturated/α-hetero) is 1. The molecule has 1 N–H and O–H groups in total. The largest absolute Gasteiger partial charge is 0.497 e. The molecule has 0 aliphatic carbocycles. The van der Waals surface area contributed by atoms with Crippen LogP contribution >= 0.6 is 0 Å². The van der Waals surface area contributed by atoms with Crippen LogP contribution in [0.3, 0.4) is 0 Å². The maximum Gasteiger partial charge on any atom is 0.131 e. The van der Waals surface area contributed by atoms with Crippen LogP contribution in [0.25, 0.3) is 0 Å². The van der Waals surface area contributed by atoms with Crippen molar-refractivity contribution in [3.05, 3.63) is 23.8 Å². The Labute approximate surface area is 89.4 Å². The highest BCUT2D eigenvalue weighted by atomic mass is 16.5. The number of anilines is 1. The van der Waals surface area contributed by atoms with Crippen molar-refractivity contribution >= 4 is 11.5 Å².